The van der Waals surface area contributed by atoms with Gasteiger partial charge in [-0.2, -0.15) is 0 Å². The fourth-order valence-corrected chi connectivity index (χ4v) is 4.99. The van der Waals surface area contributed by atoms with Gasteiger partial charge in [-0.25, -0.2) is 4.79 Å². The third-order valence-corrected chi connectivity index (χ3v) is 6.68. The maximum Gasteiger partial charge on any atom is 0.334 e. The van der Waals surface area contributed by atoms with E-state index < -0.39 is 11.0 Å². The molecule has 4 aromatic carbocycles. The molecule has 0 unspecified atom stereocenters. The van der Waals surface area contributed by atoms with Gasteiger partial charge in [0.25, 0.3) is 0 Å². The number of esters is 2. The van der Waals surface area contributed by atoms with Crippen LogP contribution < -0.4 is 4.74 Å². The van der Waals surface area contributed by atoms with Gasteiger partial charge in [0.2, 0.25) is 0 Å². The van der Waals surface area contributed by atoms with E-state index in [0.29, 0.717) is 24.2 Å². The third-order valence-electron chi connectivity index (χ3n) is 6.68. The zero-order chi connectivity index (χ0) is 25.3. The maximum absolute atomic E-state index is 14.0. The Morgan fingerprint density at radius 1 is 0.833 bits per heavy atom. The Balaban J connectivity index is 1.50. The molecule has 0 bridgehead atoms. The molecule has 0 amide bonds. The highest BCUT2D eigenvalue weighted by Crippen LogP contribution is 2.44. The van der Waals surface area contributed by atoms with Crippen LogP contribution in [0.4, 0.5) is 0 Å². The molecule has 4 nitrogen and oxygen atoms in total. The molecule has 0 aromatic heterocycles. The summed E-state index contributed by atoms with van der Waals surface area (Å²) >= 11 is 0. The summed E-state index contributed by atoms with van der Waals surface area (Å²) in [7, 11) is 0. The summed E-state index contributed by atoms with van der Waals surface area (Å²) in [6.45, 7) is 5.53. The summed E-state index contributed by atoms with van der Waals surface area (Å²) in [5, 5.41) is 4.05. The van der Waals surface area contributed by atoms with Crippen molar-refractivity contribution in [2.24, 2.45) is 5.41 Å². The van der Waals surface area contributed by atoms with Crippen LogP contribution in [0.5, 0.6) is 5.75 Å². The average Bonchev–Trinajstić information content (AvgIpc) is 3.29. The number of benzene rings is 4. The predicted octanol–water partition coefficient (Wildman–Crippen LogP) is 7.19. The van der Waals surface area contributed by atoms with Gasteiger partial charge in [-0.1, -0.05) is 84.9 Å². The highest BCUT2D eigenvalue weighted by atomic mass is 16.6. The first-order valence-corrected chi connectivity index (χ1v) is 12.3. The van der Waals surface area contributed by atoms with Crippen LogP contribution in [0.1, 0.15) is 39.2 Å². The van der Waals surface area contributed by atoms with E-state index in [9.17, 15) is 9.59 Å². The van der Waals surface area contributed by atoms with Crippen molar-refractivity contribution in [3.63, 3.8) is 0 Å². The Labute approximate surface area is 211 Å². The average molecular weight is 479 g/mol. The largest absolute Gasteiger partial charge is 0.457 e. The van der Waals surface area contributed by atoms with Crippen LogP contribution in [0.2, 0.25) is 0 Å². The van der Waals surface area contributed by atoms with Crippen LogP contribution in [-0.4, -0.2) is 17.5 Å². The van der Waals surface area contributed by atoms with E-state index in [1.165, 1.54) is 0 Å². The summed E-state index contributed by atoms with van der Waals surface area (Å²) in [5.41, 5.74) is 0.0610. The van der Waals surface area contributed by atoms with Gasteiger partial charge in [0.05, 0.1) is 5.41 Å². The maximum atomic E-state index is 14.0. The van der Waals surface area contributed by atoms with Gasteiger partial charge < -0.3 is 9.47 Å². The van der Waals surface area contributed by atoms with Crippen molar-refractivity contribution in [2.75, 3.05) is 0 Å². The van der Waals surface area contributed by atoms with Crippen molar-refractivity contribution in [3.8, 4) is 5.75 Å². The van der Waals surface area contributed by atoms with E-state index in [-0.39, 0.29) is 18.4 Å². The minimum absolute atomic E-state index is 0.279. The molecule has 0 radical (unpaired) electrons. The highest BCUT2D eigenvalue weighted by molar-refractivity contribution is 6.10. The molecular formula is C32H30O4. The highest BCUT2D eigenvalue weighted by Gasteiger charge is 2.46. The fourth-order valence-electron chi connectivity index (χ4n) is 4.99. The summed E-state index contributed by atoms with van der Waals surface area (Å²) < 4.78 is 11.8. The lowest BCUT2D eigenvalue weighted by molar-refractivity contribution is -0.150. The topological polar surface area (TPSA) is 52.6 Å². The smallest absolute Gasteiger partial charge is 0.334 e. The lowest BCUT2D eigenvalue weighted by Crippen LogP contribution is -2.36. The van der Waals surface area contributed by atoms with Gasteiger partial charge in [-0.05, 0) is 67.8 Å². The van der Waals surface area contributed by atoms with Crippen molar-refractivity contribution >= 4 is 33.5 Å². The number of carbonyl (C=O) groups is 2. The van der Waals surface area contributed by atoms with Gasteiger partial charge >= 0.3 is 11.9 Å². The minimum Gasteiger partial charge on any atom is -0.457 e. The Bertz CT molecular complexity index is 1480. The van der Waals surface area contributed by atoms with Gasteiger partial charge in [0.15, 0.2) is 0 Å². The van der Waals surface area contributed by atoms with Crippen molar-refractivity contribution < 1.29 is 19.1 Å². The van der Waals surface area contributed by atoms with Crippen molar-refractivity contribution in [1.82, 2.24) is 0 Å². The quantitative estimate of drug-likeness (QED) is 0.173. The van der Waals surface area contributed by atoms with Crippen molar-refractivity contribution in [1.29, 1.82) is 0 Å². The Hall–Kier alpha value is -3.92. The van der Waals surface area contributed by atoms with Crippen molar-refractivity contribution in [2.45, 2.75) is 45.6 Å². The summed E-state index contributed by atoms with van der Waals surface area (Å²) in [4.78, 5) is 26.8. The second-order valence-electron chi connectivity index (χ2n) is 10.6. The molecular weight excluding hydrogens is 448 g/mol. The van der Waals surface area contributed by atoms with Gasteiger partial charge in [0, 0.05) is 11.0 Å². The molecule has 0 saturated carbocycles. The zero-order valence-corrected chi connectivity index (χ0v) is 20.9. The summed E-state index contributed by atoms with van der Waals surface area (Å²) in [6.07, 6.45) is 3.01. The lowest BCUT2D eigenvalue weighted by Gasteiger charge is -2.28. The number of allylic oxidation sites excluding steroid dienone is 1. The third kappa shape index (κ3) is 4.76. The second-order valence-corrected chi connectivity index (χ2v) is 10.6. The molecule has 4 aromatic rings. The molecule has 182 valence electrons. The molecule has 0 spiro atoms. The van der Waals surface area contributed by atoms with Crippen LogP contribution in [-0.2, 0) is 20.7 Å². The number of rotatable bonds is 5. The number of hydrogen-bond acceptors (Lipinski definition) is 4. The Kier molecular flexibility index (Phi) is 6.13. The Morgan fingerprint density at radius 2 is 1.47 bits per heavy atom. The number of ether oxygens (including phenoxy) is 2. The molecule has 5 rings (SSSR count). The SMILES string of the molecule is CC(C)(C)OC(=O)C1=CC[C@](Cc2ccccc2)(C(=O)Oc2cc3ccccc3c3ccccc23)C1. The van der Waals surface area contributed by atoms with Crippen LogP contribution in [0.3, 0.4) is 0 Å². The van der Waals surface area contributed by atoms with E-state index >= 15 is 0 Å². The monoisotopic (exact) mass is 478 g/mol. The molecule has 0 fully saturated rings. The number of carbonyl (C=O) groups excluding carboxylic acids is 2. The van der Waals surface area contributed by atoms with Gasteiger partial charge in [0.1, 0.15) is 11.4 Å². The first-order valence-electron chi connectivity index (χ1n) is 12.3. The number of fused-ring (bicyclic) bond motifs is 3. The number of hydrogen-bond donors (Lipinski definition) is 0. The van der Waals surface area contributed by atoms with E-state index in [1.807, 2.05) is 106 Å². The minimum atomic E-state index is -0.889. The molecule has 36 heavy (non-hydrogen) atoms. The molecule has 0 saturated heterocycles. The first-order chi connectivity index (χ1) is 17.2. The van der Waals surface area contributed by atoms with Gasteiger partial charge in [-0.3, -0.25) is 4.79 Å². The van der Waals surface area contributed by atoms with E-state index in [0.717, 1.165) is 27.1 Å². The molecule has 0 heterocycles. The molecule has 1 aliphatic rings. The van der Waals surface area contributed by atoms with E-state index in [2.05, 4.69) is 6.07 Å². The molecule has 1 atom stereocenters. The molecule has 0 aliphatic heterocycles. The summed E-state index contributed by atoms with van der Waals surface area (Å²) in [6, 6.07) is 27.9. The van der Waals surface area contributed by atoms with Crippen LogP contribution in [0, 0.1) is 5.41 Å². The van der Waals surface area contributed by atoms with Crippen LogP contribution >= 0.6 is 0 Å². The fraction of sp³-hybridized carbons (Fsp3) is 0.250. The van der Waals surface area contributed by atoms with Crippen LogP contribution in [0.25, 0.3) is 21.5 Å². The van der Waals surface area contributed by atoms with E-state index in [1.54, 1.807) is 0 Å². The lowest BCUT2D eigenvalue weighted by atomic mass is 9.78. The van der Waals surface area contributed by atoms with Gasteiger partial charge in [-0.15, -0.1) is 0 Å². The van der Waals surface area contributed by atoms with Crippen molar-refractivity contribution in [3.05, 3.63) is 102 Å². The Morgan fingerprint density at radius 3 is 2.19 bits per heavy atom. The summed E-state index contributed by atoms with van der Waals surface area (Å²) in [5.74, 6) is -0.171. The molecule has 1 aliphatic carbocycles. The normalized spacial score (nSPS) is 17.7. The zero-order valence-electron chi connectivity index (χ0n) is 20.9. The first kappa shape index (κ1) is 23.8. The molecule has 4 heteroatoms. The van der Waals surface area contributed by atoms with E-state index in [4.69, 9.17) is 9.47 Å². The standard InChI is InChI=1S/C32H30O4/c1-31(2,3)36-29(33)24-17-18-32(21-24,20-22-11-5-4-6-12-22)30(34)35-28-19-23-13-7-8-14-25(23)26-15-9-10-16-27(26)28/h4-17,19H,18,20-21H2,1-3H3/t32-/m1/s1. The second kappa shape index (κ2) is 9.27. The predicted molar refractivity (Wildman–Crippen MR) is 143 cm³/mol. The van der Waals surface area contributed by atoms with Crippen LogP contribution in [0.15, 0.2) is 96.6 Å². The molecule has 0 N–H and O–H groups in total.